The van der Waals surface area contributed by atoms with E-state index in [9.17, 15) is 4.79 Å². The number of H-pyrrole nitrogens is 1. The van der Waals surface area contributed by atoms with Crippen LogP contribution in [0.1, 0.15) is 17.0 Å². The minimum atomic E-state index is -0.293. The molecule has 158 valence electrons. The predicted molar refractivity (Wildman–Crippen MR) is 119 cm³/mol. The molecule has 1 aromatic heterocycles. The van der Waals surface area contributed by atoms with Gasteiger partial charge in [0, 0.05) is 32.3 Å². The third kappa shape index (κ3) is 4.77. The second-order valence-corrected chi connectivity index (χ2v) is 7.13. The smallest absolute Gasteiger partial charge is 0.281 e. The zero-order valence-electron chi connectivity index (χ0n) is 17.9. The summed E-state index contributed by atoms with van der Waals surface area (Å²) in [5, 5.41) is 3.82. The number of nitrogens with zero attached hydrogens (tertiary/aromatic N) is 3. The summed E-state index contributed by atoms with van der Waals surface area (Å²) in [5.41, 5.74) is 3.06. The Hall–Kier alpha value is -3.39. The molecule has 0 aliphatic rings. The Balaban J connectivity index is 1.77. The standard InChI is InChI=1S/C22H27N5O3/c1-14-20-17(10-18(29-4)21(14)30-5)25-19(26-22(20)28)12-23-11-15-7-6-8-16(9-15)24-13-27(2)3/h6-10,13,23H,11-12H2,1-5H3,(H,25,26,28)/b24-13-. The predicted octanol–water partition coefficient (Wildman–Crippen LogP) is 2.76. The third-order valence-electron chi connectivity index (χ3n) is 4.61. The molecule has 30 heavy (non-hydrogen) atoms. The lowest BCUT2D eigenvalue weighted by Gasteiger charge is -2.13. The van der Waals surface area contributed by atoms with E-state index in [1.54, 1.807) is 26.6 Å². The molecule has 8 nitrogen and oxygen atoms in total. The first-order valence-corrected chi connectivity index (χ1v) is 9.57. The number of benzene rings is 2. The lowest BCUT2D eigenvalue weighted by Crippen LogP contribution is -2.20. The molecular formula is C22H27N5O3. The van der Waals surface area contributed by atoms with E-state index in [2.05, 4.69) is 20.3 Å². The molecule has 0 atom stereocenters. The van der Waals surface area contributed by atoms with E-state index in [4.69, 9.17) is 9.47 Å². The summed E-state index contributed by atoms with van der Waals surface area (Å²) in [4.78, 5) is 26.3. The van der Waals surface area contributed by atoms with E-state index in [0.717, 1.165) is 11.3 Å². The number of fused-ring (bicyclic) bond motifs is 1. The zero-order chi connectivity index (χ0) is 21.7. The highest BCUT2D eigenvalue weighted by molar-refractivity contribution is 5.86. The lowest BCUT2D eigenvalue weighted by atomic mass is 10.1. The Morgan fingerprint density at radius 2 is 2.00 bits per heavy atom. The van der Waals surface area contributed by atoms with Gasteiger partial charge in [0.1, 0.15) is 5.82 Å². The number of hydrogen-bond donors (Lipinski definition) is 2. The molecule has 2 aromatic carbocycles. The fraction of sp³-hybridized carbons (Fsp3) is 0.318. The van der Waals surface area contributed by atoms with Gasteiger partial charge < -0.3 is 24.7 Å². The van der Waals surface area contributed by atoms with Crippen molar-refractivity contribution in [2.24, 2.45) is 4.99 Å². The van der Waals surface area contributed by atoms with Crippen LogP contribution in [-0.2, 0) is 13.1 Å². The molecular weight excluding hydrogens is 382 g/mol. The molecule has 3 rings (SSSR count). The molecule has 3 aromatic rings. The highest BCUT2D eigenvalue weighted by Gasteiger charge is 2.15. The van der Waals surface area contributed by atoms with Gasteiger partial charge in [0.15, 0.2) is 11.5 Å². The number of rotatable bonds is 8. The summed E-state index contributed by atoms with van der Waals surface area (Å²) in [6.07, 6.45) is 1.77. The summed E-state index contributed by atoms with van der Waals surface area (Å²) in [6.45, 7) is 2.87. The van der Waals surface area contributed by atoms with Crippen molar-refractivity contribution in [1.82, 2.24) is 20.2 Å². The van der Waals surface area contributed by atoms with Crippen molar-refractivity contribution in [3.63, 3.8) is 0 Å². The molecule has 0 fully saturated rings. The van der Waals surface area contributed by atoms with Crippen molar-refractivity contribution in [3.05, 3.63) is 57.6 Å². The van der Waals surface area contributed by atoms with Crippen LogP contribution in [0.5, 0.6) is 11.5 Å². The van der Waals surface area contributed by atoms with Gasteiger partial charge in [-0.05, 0) is 24.6 Å². The van der Waals surface area contributed by atoms with Gasteiger partial charge in [-0.2, -0.15) is 4.98 Å². The van der Waals surface area contributed by atoms with E-state index in [-0.39, 0.29) is 5.56 Å². The quantitative estimate of drug-likeness (QED) is 0.439. The number of hydrogen-bond acceptors (Lipinski definition) is 6. The maximum absolute atomic E-state index is 12.6. The van der Waals surface area contributed by atoms with Gasteiger partial charge >= 0.3 is 0 Å². The van der Waals surface area contributed by atoms with Crippen LogP contribution in [0.15, 0.2) is 40.1 Å². The average Bonchev–Trinajstić information content (AvgIpc) is 2.72. The first kappa shape index (κ1) is 21.3. The number of nitrogens with one attached hydrogen (secondary N) is 2. The van der Waals surface area contributed by atoms with Crippen LogP contribution in [0.25, 0.3) is 10.9 Å². The van der Waals surface area contributed by atoms with E-state index >= 15 is 0 Å². The molecule has 8 heteroatoms. The van der Waals surface area contributed by atoms with Gasteiger partial charge in [0.25, 0.3) is 5.56 Å². The molecule has 0 bridgehead atoms. The molecule has 2 N–H and O–H groups in total. The van der Waals surface area contributed by atoms with Gasteiger partial charge in [-0.15, -0.1) is 0 Å². The van der Waals surface area contributed by atoms with Crippen molar-refractivity contribution < 1.29 is 9.47 Å². The first-order chi connectivity index (χ1) is 14.4. The normalized spacial score (nSPS) is 11.2. The van der Waals surface area contributed by atoms with E-state index in [1.165, 1.54) is 0 Å². The highest BCUT2D eigenvalue weighted by atomic mass is 16.5. The second kappa shape index (κ2) is 9.41. The van der Waals surface area contributed by atoms with Gasteiger partial charge in [-0.25, -0.2) is 4.99 Å². The average molecular weight is 409 g/mol. The summed E-state index contributed by atoms with van der Waals surface area (Å²) >= 11 is 0. The fourth-order valence-electron chi connectivity index (χ4n) is 3.25. The molecule has 0 aliphatic heterocycles. The van der Waals surface area contributed by atoms with Gasteiger partial charge in [-0.1, -0.05) is 12.1 Å². The number of aryl methyl sites for hydroxylation is 1. The minimum absolute atomic E-state index is 0.293. The molecule has 0 spiro atoms. The molecule has 1 heterocycles. The van der Waals surface area contributed by atoms with Crippen LogP contribution in [-0.4, -0.2) is 49.5 Å². The van der Waals surface area contributed by atoms with Crippen LogP contribution >= 0.6 is 0 Å². The van der Waals surface area contributed by atoms with Gasteiger partial charge in [0.2, 0.25) is 0 Å². The fourth-order valence-corrected chi connectivity index (χ4v) is 3.25. The number of aromatic amines is 1. The van der Waals surface area contributed by atoms with Gasteiger partial charge in [0.05, 0.1) is 43.7 Å². The molecule has 0 saturated carbocycles. The maximum atomic E-state index is 12.6. The maximum Gasteiger partial charge on any atom is 0.281 e. The topological polar surface area (TPSA) is 91.8 Å². The number of aromatic nitrogens is 2. The Morgan fingerprint density at radius 3 is 2.70 bits per heavy atom. The van der Waals surface area contributed by atoms with Crippen molar-refractivity contribution in [2.75, 3.05) is 28.3 Å². The highest BCUT2D eigenvalue weighted by Crippen LogP contribution is 2.34. The molecule has 0 saturated heterocycles. The first-order valence-electron chi connectivity index (χ1n) is 9.57. The van der Waals surface area contributed by atoms with Crippen LogP contribution in [0.3, 0.4) is 0 Å². The van der Waals surface area contributed by atoms with Gasteiger partial charge in [-0.3, -0.25) is 4.79 Å². The second-order valence-electron chi connectivity index (χ2n) is 7.13. The summed E-state index contributed by atoms with van der Waals surface area (Å²) in [6, 6.07) is 9.73. The molecule has 0 radical (unpaired) electrons. The number of ether oxygens (including phenoxy) is 2. The summed E-state index contributed by atoms with van der Waals surface area (Å²) in [5.74, 6) is 1.67. The Morgan fingerprint density at radius 1 is 1.20 bits per heavy atom. The Labute approximate surface area is 175 Å². The van der Waals surface area contributed by atoms with Crippen molar-refractivity contribution in [2.45, 2.75) is 20.0 Å². The van der Waals surface area contributed by atoms with Crippen LogP contribution in [0.4, 0.5) is 5.69 Å². The molecule has 0 amide bonds. The number of aliphatic imine (C=N–C) groups is 1. The van der Waals surface area contributed by atoms with E-state index in [0.29, 0.717) is 46.9 Å². The van der Waals surface area contributed by atoms with E-state index in [1.807, 2.05) is 50.2 Å². The molecule has 0 aliphatic carbocycles. The Kier molecular flexibility index (Phi) is 6.68. The van der Waals surface area contributed by atoms with E-state index < -0.39 is 0 Å². The van der Waals surface area contributed by atoms with Crippen LogP contribution < -0.4 is 20.3 Å². The SMILES string of the molecule is COc1cc2[nH]c(CNCc3cccc(/N=C\N(C)C)c3)nc(=O)c2c(C)c1OC. The Bertz CT molecular complexity index is 1120. The summed E-state index contributed by atoms with van der Waals surface area (Å²) in [7, 11) is 6.98. The molecule has 0 unspecified atom stereocenters. The number of methoxy groups -OCH3 is 2. The van der Waals surface area contributed by atoms with Crippen LogP contribution in [0.2, 0.25) is 0 Å². The zero-order valence-corrected chi connectivity index (χ0v) is 17.9. The third-order valence-corrected chi connectivity index (χ3v) is 4.61. The monoisotopic (exact) mass is 409 g/mol. The van der Waals surface area contributed by atoms with Crippen molar-refractivity contribution in [1.29, 1.82) is 0 Å². The van der Waals surface area contributed by atoms with Crippen LogP contribution in [0, 0.1) is 6.92 Å². The summed E-state index contributed by atoms with van der Waals surface area (Å²) < 4.78 is 10.8. The van der Waals surface area contributed by atoms with Crippen molar-refractivity contribution >= 4 is 22.9 Å². The minimum Gasteiger partial charge on any atom is -0.493 e. The van der Waals surface area contributed by atoms with Crippen molar-refractivity contribution in [3.8, 4) is 11.5 Å². The largest absolute Gasteiger partial charge is 0.493 e. The lowest BCUT2D eigenvalue weighted by molar-refractivity contribution is 0.354.